The Morgan fingerprint density at radius 3 is 2.56 bits per heavy atom. The second kappa shape index (κ2) is 5.40. The molecule has 0 heterocycles. The lowest BCUT2D eigenvalue weighted by atomic mass is 10.1. The highest BCUT2D eigenvalue weighted by molar-refractivity contribution is 5.80. The first-order valence-corrected chi connectivity index (χ1v) is 5.25. The van der Waals surface area contributed by atoms with Crippen LogP contribution < -0.4 is 10.6 Å². The van der Waals surface area contributed by atoms with Gasteiger partial charge in [-0.15, -0.1) is 11.8 Å². The van der Waals surface area contributed by atoms with Crippen molar-refractivity contribution < 1.29 is 14.7 Å². The lowest BCUT2D eigenvalue weighted by Crippen LogP contribution is -2.40. The molecule has 1 rings (SSSR count). The largest absolute Gasteiger partial charge is 0.481 e. The summed E-state index contributed by atoms with van der Waals surface area (Å²) >= 11 is 0. The topological polar surface area (TPSA) is 78.4 Å². The number of carbonyl (C=O) groups excluding carboxylic acids is 1. The normalized spacial score (nSPS) is 15.6. The van der Waals surface area contributed by atoms with Crippen molar-refractivity contribution in [3.63, 3.8) is 0 Å². The standard InChI is InChI=1S/C11H16N2O3/c1-2-3-4-7-12-10(16)13-8-11(5-6-11)9(14)15/h4-8H2,1H3,(H,14,15)(H2,12,13,16). The number of hydrogen-bond donors (Lipinski definition) is 3. The molecule has 16 heavy (non-hydrogen) atoms. The molecule has 0 spiro atoms. The van der Waals surface area contributed by atoms with E-state index in [1.165, 1.54) is 0 Å². The summed E-state index contributed by atoms with van der Waals surface area (Å²) in [6.07, 6.45) is 1.89. The third-order valence-corrected chi connectivity index (χ3v) is 2.61. The second-order valence-corrected chi connectivity index (χ2v) is 3.87. The van der Waals surface area contributed by atoms with Gasteiger partial charge in [-0.05, 0) is 19.8 Å². The predicted octanol–water partition coefficient (Wildman–Crippen LogP) is 0.564. The van der Waals surface area contributed by atoms with Crippen LogP contribution in [0.25, 0.3) is 0 Å². The fraction of sp³-hybridized carbons (Fsp3) is 0.636. The Morgan fingerprint density at radius 1 is 1.38 bits per heavy atom. The molecule has 0 aromatic heterocycles. The van der Waals surface area contributed by atoms with E-state index in [-0.39, 0.29) is 12.6 Å². The SMILES string of the molecule is CC#CCCNC(=O)NCC1(C(=O)O)CC1. The highest BCUT2D eigenvalue weighted by atomic mass is 16.4. The number of hydrogen-bond acceptors (Lipinski definition) is 2. The minimum Gasteiger partial charge on any atom is -0.481 e. The zero-order valence-electron chi connectivity index (χ0n) is 9.30. The number of amides is 2. The zero-order chi connectivity index (χ0) is 12.0. The molecule has 1 aliphatic carbocycles. The molecule has 0 aromatic carbocycles. The molecule has 0 unspecified atom stereocenters. The van der Waals surface area contributed by atoms with E-state index in [0.717, 1.165) is 0 Å². The van der Waals surface area contributed by atoms with Gasteiger partial charge < -0.3 is 15.7 Å². The van der Waals surface area contributed by atoms with Crippen molar-refractivity contribution in [3.8, 4) is 11.8 Å². The van der Waals surface area contributed by atoms with Crippen molar-refractivity contribution >= 4 is 12.0 Å². The van der Waals surface area contributed by atoms with Crippen molar-refractivity contribution in [3.05, 3.63) is 0 Å². The van der Waals surface area contributed by atoms with Gasteiger partial charge in [0, 0.05) is 19.5 Å². The minimum absolute atomic E-state index is 0.202. The molecule has 0 aromatic rings. The first kappa shape index (κ1) is 12.4. The van der Waals surface area contributed by atoms with Gasteiger partial charge in [0.25, 0.3) is 0 Å². The maximum atomic E-state index is 11.2. The van der Waals surface area contributed by atoms with Gasteiger partial charge in [0.15, 0.2) is 0 Å². The quantitative estimate of drug-likeness (QED) is 0.471. The van der Waals surface area contributed by atoms with Crippen LogP contribution in [0.3, 0.4) is 0 Å². The highest BCUT2D eigenvalue weighted by Gasteiger charge is 2.50. The van der Waals surface area contributed by atoms with Crippen LogP contribution in [0.15, 0.2) is 0 Å². The Morgan fingerprint density at radius 2 is 2.06 bits per heavy atom. The van der Waals surface area contributed by atoms with E-state index in [2.05, 4.69) is 22.5 Å². The molecule has 2 amide bonds. The molecular weight excluding hydrogens is 208 g/mol. The van der Waals surface area contributed by atoms with Crippen LogP contribution in [0.1, 0.15) is 26.2 Å². The summed E-state index contributed by atoms with van der Waals surface area (Å²) in [7, 11) is 0. The molecule has 1 saturated carbocycles. The van der Waals surface area contributed by atoms with Crippen LogP contribution in [-0.4, -0.2) is 30.2 Å². The average molecular weight is 224 g/mol. The average Bonchev–Trinajstić information content (AvgIpc) is 3.03. The molecule has 0 radical (unpaired) electrons. The summed E-state index contributed by atoms with van der Waals surface area (Å²) in [4.78, 5) is 22.0. The van der Waals surface area contributed by atoms with Gasteiger partial charge in [0.1, 0.15) is 0 Å². The van der Waals surface area contributed by atoms with Gasteiger partial charge in [-0.25, -0.2) is 4.79 Å². The molecule has 0 bridgehead atoms. The Hall–Kier alpha value is -1.70. The van der Waals surface area contributed by atoms with Gasteiger partial charge in [-0.2, -0.15) is 0 Å². The van der Waals surface area contributed by atoms with Crippen molar-refractivity contribution in [1.29, 1.82) is 0 Å². The number of nitrogens with one attached hydrogen (secondary N) is 2. The van der Waals surface area contributed by atoms with E-state index >= 15 is 0 Å². The summed E-state index contributed by atoms with van der Waals surface area (Å²) in [5, 5.41) is 14.0. The highest BCUT2D eigenvalue weighted by Crippen LogP contribution is 2.45. The smallest absolute Gasteiger partial charge is 0.314 e. The number of urea groups is 1. The van der Waals surface area contributed by atoms with Gasteiger partial charge >= 0.3 is 12.0 Å². The van der Waals surface area contributed by atoms with E-state index < -0.39 is 11.4 Å². The maximum absolute atomic E-state index is 11.2. The van der Waals surface area contributed by atoms with Crippen LogP contribution in [0.4, 0.5) is 4.79 Å². The first-order chi connectivity index (χ1) is 7.60. The number of rotatable bonds is 5. The van der Waals surface area contributed by atoms with Crippen molar-refractivity contribution in [2.45, 2.75) is 26.2 Å². The van der Waals surface area contributed by atoms with Gasteiger partial charge in [-0.3, -0.25) is 4.79 Å². The molecule has 0 saturated heterocycles. The minimum atomic E-state index is -0.829. The molecule has 5 nitrogen and oxygen atoms in total. The third kappa shape index (κ3) is 3.46. The number of carboxylic acids is 1. The Kier molecular flexibility index (Phi) is 4.18. The van der Waals surface area contributed by atoms with Crippen LogP contribution in [0.2, 0.25) is 0 Å². The number of carboxylic acid groups (broad SMARTS) is 1. The number of carbonyl (C=O) groups is 2. The second-order valence-electron chi connectivity index (χ2n) is 3.87. The molecule has 0 aliphatic heterocycles. The zero-order valence-corrected chi connectivity index (χ0v) is 9.30. The Labute approximate surface area is 94.6 Å². The summed E-state index contributed by atoms with van der Waals surface area (Å²) in [5.74, 6) is 4.71. The molecule has 0 atom stereocenters. The van der Waals surface area contributed by atoms with Gasteiger partial charge in [0.2, 0.25) is 0 Å². The summed E-state index contributed by atoms with van der Waals surface area (Å²) in [5.41, 5.74) is -0.708. The first-order valence-electron chi connectivity index (χ1n) is 5.25. The fourth-order valence-electron chi connectivity index (χ4n) is 1.29. The van der Waals surface area contributed by atoms with Gasteiger partial charge in [-0.1, -0.05) is 0 Å². The summed E-state index contributed by atoms with van der Waals surface area (Å²) < 4.78 is 0. The Bertz CT molecular complexity index is 337. The summed E-state index contributed by atoms with van der Waals surface area (Å²) in [6, 6.07) is -0.328. The maximum Gasteiger partial charge on any atom is 0.314 e. The van der Waals surface area contributed by atoms with Crippen LogP contribution in [0, 0.1) is 17.3 Å². The van der Waals surface area contributed by atoms with E-state index in [1.54, 1.807) is 6.92 Å². The van der Waals surface area contributed by atoms with E-state index in [4.69, 9.17) is 5.11 Å². The number of aliphatic carboxylic acids is 1. The van der Waals surface area contributed by atoms with Crippen LogP contribution in [0.5, 0.6) is 0 Å². The Balaban J connectivity index is 2.15. The van der Waals surface area contributed by atoms with Crippen LogP contribution in [-0.2, 0) is 4.79 Å². The molecule has 88 valence electrons. The molecule has 1 aliphatic rings. The van der Waals surface area contributed by atoms with Crippen molar-refractivity contribution in [1.82, 2.24) is 10.6 Å². The predicted molar refractivity (Wildman–Crippen MR) is 58.8 cm³/mol. The van der Waals surface area contributed by atoms with Crippen molar-refractivity contribution in [2.24, 2.45) is 5.41 Å². The molecule has 5 heteroatoms. The lowest BCUT2D eigenvalue weighted by molar-refractivity contribution is -0.143. The third-order valence-electron chi connectivity index (χ3n) is 2.61. The lowest BCUT2D eigenvalue weighted by Gasteiger charge is -2.11. The summed E-state index contributed by atoms with van der Waals surface area (Å²) in [6.45, 7) is 2.42. The molecule has 1 fully saturated rings. The molecule has 3 N–H and O–H groups in total. The van der Waals surface area contributed by atoms with Crippen molar-refractivity contribution in [2.75, 3.05) is 13.1 Å². The fourth-order valence-corrected chi connectivity index (χ4v) is 1.29. The monoisotopic (exact) mass is 224 g/mol. The van der Waals surface area contributed by atoms with E-state index in [9.17, 15) is 9.59 Å². The van der Waals surface area contributed by atoms with Crippen LogP contribution >= 0.6 is 0 Å². The molecular formula is C11H16N2O3. The van der Waals surface area contributed by atoms with E-state index in [0.29, 0.717) is 25.8 Å². The van der Waals surface area contributed by atoms with Gasteiger partial charge in [0.05, 0.1) is 5.41 Å². The van der Waals surface area contributed by atoms with E-state index in [1.807, 2.05) is 0 Å².